The molecule has 2 atom stereocenters. The van der Waals surface area contributed by atoms with Crippen LogP contribution in [0.4, 0.5) is 0 Å². The topological polar surface area (TPSA) is 117 Å². The van der Waals surface area contributed by atoms with Gasteiger partial charge < -0.3 is 10.0 Å². The smallest absolute Gasteiger partial charge is 0.292 e. The molecule has 2 fully saturated rings. The lowest BCUT2D eigenvalue weighted by Gasteiger charge is -2.50. The molecule has 4 aromatic rings. The minimum Gasteiger partial charge on any atom is -0.393 e. The van der Waals surface area contributed by atoms with Gasteiger partial charge in [0.1, 0.15) is 0 Å². The Morgan fingerprint density at radius 3 is 2.21 bits per heavy atom. The van der Waals surface area contributed by atoms with Crippen LogP contribution in [0.15, 0.2) is 78.2 Å². The van der Waals surface area contributed by atoms with Crippen molar-refractivity contribution in [2.24, 2.45) is 0 Å². The van der Waals surface area contributed by atoms with E-state index in [1.54, 1.807) is 66.1 Å². The Labute approximate surface area is 224 Å². The minimum absolute atomic E-state index is 0.0405. The van der Waals surface area contributed by atoms with Crippen LogP contribution in [-0.2, 0) is 10.0 Å². The van der Waals surface area contributed by atoms with E-state index in [-0.39, 0.29) is 42.6 Å². The van der Waals surface area contributed by atoms with Crippen molar-refractivity contribution in [3.63, 3.8) is 0 Å². The number of nitrogens with zero attached hydrogens (tertiary/aromatic N) is 5. The number of carbonyl (C=O) groups excluding carboxylic acids is 1. The third-order valence-electron chi connectivity index (χ3n) is 7.21. The molecule has 9 nitrogen and oxygen atoms in total. The molecule has 2 aromatic carbocycles. The van der Waals surface area contributed by atoms with E-state index in [9.17, 15) is 18.3 Å². The average Bonchev–Trinajstić information content (AvgIpc) is 2.92. The molecule has 2 saturated heterocycles. The van der Waals surface area contributed by atoms with Gasteiger partial charge in [0, 0.05) is 60.5 Å². The summed E-state index contributed by atoms with van der Waals surface area (Å²) in [6, 6.07) is 12.9. The number of hydrogen-bond acceptors (Lipinski definition) is 7. The summed E-state index contributed by atoms with van der Waals surface area (Å²) in [5.41, 5.74) is 1.64. The van der Waals surface area contributed by atoms with Crippen LogP contribution in [0, 0.1) is 0 Å². The predicted octanol–water partition coefficient (Wildman–Crippen LogP) is 3.38. The Bertz CT molecular complexity index is 1600. The summed E-state index contributed by atoms with van der Waals surface area (Å²) in [5, 5.41) is 12.6. The molecule has 0 saturated carbocycles. The minimum atomic E-state index is -3.83. The van der Waals surface area contributed by atoms with Crippen LogP contribution in [0.25, 0.3) is 21.9 Å². The molecule has 1 N–H and O–H groups in total. The zero-order chi connectivity index (χ0) is 26.4. The first kappa shape index (κ1) is 24.9. The maximum absolute atomic E-state index is 13.6. The normalized spacial score (nSPS) is 21.9. The zero-order valence-electron chi connectivity index (χ0n) is 20.2. The maximum Gasteiger partial charge on any atom is 0.292 e. The molecule has 2 aliphatic heterocycles. The number of amides is 1. The first-order chi connectivity index (χ1) is 18.3. The molecule has 2 bridgehead atoms. The number of aliphatic hydroxyl groups is 1. The summed E-state index contributed by atoms with van der Waals surface area (Å²) in [6.07, 6.45) is 6.46. The lowest BCUT2D eigenvalue weighted by atomic mass is 9.90. The Kier molecular flexibility index (Phi) is 6.35. The molecule has 6 rings (SSSR count). The molecule has 11 heteroatoms. The van der Waals surface area contributed by atoms with Gasteiger partial charge in [0.15, 0.2) is 0 Å². The van der Waals surface area contributed by atoms with Crippen molar-refractivity contribution >= 4 is 38.3 Å². The van der Waals surface area contributed by atoms with Gasteiger partial charge in [0.2, 0.25) is 15.8 Å². The largest absolute Gasteiger partial charge is 0.393 e. The Morgan fingerprint density at radius 2 is 1.53 bits per heavy atom. The molecular formula is C27H24ClN5O4S. The molecule has 38 heavy (non-hydrogen) atoms. The highest BCUT2D eigenvalue weighted by Gasteiger charge is 2.47. The molecule has 0 aliphatic carbocycles. The lowest BCUT2D eigenvalue weighted by molar-refractivity contribution is -0.0252. The summed E-state index contributed by atoms with van der Waals surface area (Å²) in [5.74, 6) is -0.327. The number of hydrogen-bond donors (Lipinski definition) is 1. The quantitative estimate of drug-likeness (QED) is 0.415. The Balaban J connectivity index is 1.25. The fourth-order valence-corrected chi connectivity index (χ4v) is 7.13. The number of carbonyl (C=O) groups is 1. The zero-order valence-corrected chi connectivity index (χ0v) is 21.8. The van der Waals surface area contributed by atoms with Gasteiger partial charge in [0.05, 0.1) is 11.0 Å². The number of piperazine rings is 1. The van der Waals surface area contributed by atoms with Crippen molar-refractivity contribution in [2.45, 2.75) is 35.9 Å². The van der Waals surface area contributed by atoms with E-state index in [0.717, 1.165) is 21.9 Å². The maximum atomic E-state index is 13.6. The molecule has 0 spiro atoms. The number of piperidine rings is 1. The van der Waals surface area contributed by atoms with Crippen LogP contribution in [0.2, 0.25) is 5.02 Å². The standard InChI is InChI=1S/C27H24ClN5O4S/c28-21-3-1-19-10-25(4-2-18(19)9-21)38(36,37)32-15-22-11-24(34)12-23(16-32)33(22)27(35)26-30-13-20(14-31-26)17-5-7-29-8-6-17/h1-10,13-14,22-24,34H,11-12,15-16H2. The van der Waals surface area contributed by atoms with E-state index in [2.05, 4.69) is 15.0 Å². The van der Waals surface area contributed by atoms with Gasteiger partial charge in [-0.05, 0) is 65.6 Å². The third-order valence-corrected chi connectivity index (χ3v) is 9.27. The van der Waals surface area contributed by atoms with E-state index in [0.29, 0.717) is 5.02 Å². The summed E-state index contributed by atoms with van der Waals surface area (Å²) in [4.78, 5) is 27.9. The van der Waals surface area contributed by atoms with E-state index < -0.39 is 28.2 Å². The van der Waals surface area contributed by atoms with E-state index in [1.165, 1.54) is 4.31 Å². The van der Waals surface area contributed by atoms with Gasteiger partial charge in [-0.1, -0.05) is 23.7 Å². The molecule has 194 valence electrons. The number of fused-ring (bicyclic) bond motifs is 3. The van der Waals surface area contributed by atoms with Crippen molar-refractivity contribution in [2.75, 3.05) is 13.1 Å². The molecule has 0 radical (unpaired) electrons. The van der Waals surface area contributed by atoms with Crippen LogP contribution < -0.4 is 0 Å². The molecule has 2 aromatic heterocycles. The molecule has 2 aliphatic rings. The average molecular weight is 550 g/mol. The molecule has 1 amide bonds. The Hall–Kier alpha value is -3.44. The Morgan fingerprint density at radius 1 is 0.895 bits per heavy atom. The first-order valence-electron chi connectivity index (χ1n) is 12.2. The van der Waals surface area contributed by atoms with E-state index >= 15 is 0 Å². The predicted molar refractivity (Wildman–Crippen MR) is 142 cm³/mol. The van der Waals surface area contributed by atoms with E-state index in [1.807, 2.05) is 12.1 Å². The number of sulfonamides is 1. The van der Waals surface area contributed by atoms with Gasteiger partial charge in [-0.25, -0.2) is 18.4 Å². The number of rotatable bonds is 4. The van der Waals surface area contributed by atoms with Crippen LogP contribution >= 0.6 is 11.6 Å². The van der Waals surface area contributed by atoms with Crippen LogP contribution in [-0.4, -0.2) is 74.9 Å². The second kappa shape index (κ2) is 9.70. The molecule has 2 unspecified atom stereocenters. The second-order valence-corrected chi connectivity index (χ2v) is 12.0. The highest BCUT2D eigenvalue weighted by atomic mass is 35.5. The second-order valence-electron chi connectivity index (χ2n) is 9.65. The van der Waals surface area contributed by atoms with Gasteiger partial charge in [-0.3, -0.25) is 9.78 Å². The van der Waals surface area contributed by atoms with Gasteiger partial charge in [0.25, 0.3) is 5.91 Å². The highest BCUT2D eigenvalue weighted by molar-refractivity contribution is 7.89. The van der Waals surface area contributed by atoms with Crippen molar-refractivity contribution < 1.29 is 18.3 Å². The SMILES string of the molecule is O=C(c1ncc(-c2ccncc2)cn1)N1C2CC(O)CC1CN(S(=O)(=O)c1ccc3cc(Cl)ccc3c1)C2. The number of pyridine rings is 1. The summed E-state index contributed by atoms with van der Waals surface area (Å²) in [7, 11) is -3.83. The first-order valence-corrected chi connectivity index (χ1v) is 14.0. The third kappa shape index (κ3) is 4.54. The number of aliphatic hydroxyl groups excluding tert-OH is 1. The van der Waals surface area contributed by atoms with Crippen molar-refractivity contribution in [3.05, 3.63) is 84.2 Å². The fourth-order valence-electron chi connectivity index (χ4n) is 5.40. The van der Waals surface area contributed by atoms with Crippen molar-refractivity contribution in [3.8, 4) is 11.1 Å². The van der Waals surface area contributed by atoms with Gasteiger partial charge in [-0.2, -0.15) is 4.31 Å². The fraction of sp³-hybridized carbons (Fsp3) is 0.259. The van der Waals surface area contributed by atoms with Crippen LogP contribution in [0.1, 0.15) is 23.5 Å². The monoisotopic (exact) mass is 549 g/mol. The van der Waals surface area contributed by atoms with Crippen LogP contribution in [0.5, 0.6) is 0 Å². The van der Waals surface area contributed by atoms with E-state index in [4.69, 9.17) is 11.6 Å². The van der Waals surface area contributed by atoms with Gasteiger partial charge in [-0.15, -0.1) is 0 Å². The number of benzene rings is 2. The number of halogens is 1. The number of aromatic nitrogens is 3. The van der Waals surface area contributed by atoms with Crippen LogP contribution in [0.3, 0.4) is 0 Å². The summed E-state index contributed by atoms with van der Waals surface area (Å²) < 4.78 is 28.7. The van der Waals surface area contributed by atoms with Crippen molar-refractivity contribution in [1.82, 2.24) is 24.2 Å². The highest BCUT2D eigenvalue weighted by Crippen LogP contribution is 2.34. The van der Waals surface area contributed by atoms with Crippen molar-refractivity contribution in [1.29, 1.82) is 0 Å². The lowest BCUT2D eigenvalue weighted by Crippen LogP contribution is -2.65. The summed E-state index contributed by atoms with van der Waals surface area (Å²) in [6.45, 7) is 0.158. The molecule has 4 heterocycles. The van der Waals surface area contributed by atoms with Gasteiger partial charge >= 0.3 is 0 Å². The molecular weight excluding hydrogens is 526 g/mol. The summed E-state index contributed by atoms with van der Waals surface area (Å²) >= 11 is 6.07.